The Hall–Kier alpha value is -2.55. The van der Waals surface area contributed by atoms with Gasteiger partial charge < -0.3 is 11.1 Å². The lowest BCUT2D eigenvalue weighted by Crippen LogP contribution is -2.32. The highest BCUT2D eigenvalue weighted by atomic mass is 35.5. The molecule has 0 bridgehead atoms. The van der Waals surface area contributed by atoms with E-state index in [0.29, 0.717) is 42.2 Å². The van der Waals surface area contributed by atoms with Crippen molar-refractivity contribution in [3.63, 3.8) is 0 Å². The van der Waals surface area contributed by atoms with Gasteiger partial charge >= 0.3 is 0 Å². The van der Waals surface area contributed by atoms with Crippen LogP contribution in [-0.4, -0.2) is 20.7 Å². The summed E-state index contributed by atoms with van der Waals surface area (Å²) >= 11 is 7.62. The molecule has 3 aromatic rings. The number of carbonyl (C=O) groups excluding carboxylic acids is 1. The quantitative estimate of drug-likeness (QED) is 0.554. The van der Waals surface area contributed by atoms with E-state index in [9.17, 15) is 9.59 Å². The van der Waals surface area contributed by atoms with E-state index < -0.39 is 0 Å². The molecule has 0 atom stereocenters. The van der Waals surface area contributed by atoms with E-state index in [1.165, 1.54) is 4.68 Å². The standard InChI is InChI=1S/C21H24ClN5O2S/c1-13-10-25-27(6-5-18-12-30-14(2)26-18)21(29)19(13)8-20(28)24-11-16-7-17(22)4-3-15(16)9-23/h3-4,7,10,12H,5-6,8-9,11,23H2,1-2H3,(H,24,28). The van der Waals surface area contributed by atoms with Crippen LogP contribution in [0.25, 0.3) is 0 Å². The lowest BCUT2D eigenvalue weighted by atomic mass is 10.1. The molecule has 2 aromatic heterocycles. The molecule has 3 rings (SSSR count). The molecule has 0 saturated carbocycles. The highest BCUT2D eigenvalue weighted by molar-refractivity contribution is 7.09. The largest absolute Gasteiger partial charge is 0.352 e. The highest BCUT2D eigenvalue weighted by Crippen LogP contribution is 2.16. The maximum Gasteiger partial charge on any atom is 0.270 e. The van der Waals surface area contributed by atoms with E-state index in [4.69, 9.17) is 17.3 Å². The minimum atomic E-state index is -0.248. The number of halogens is 1. The second-order valence-electron chi connectivity index (χ2n) is 7.01. The summed E-state index contributed by atoms with van der Waals surface area (Å²) in [6.45, 7) is 4.80. The number of hydrogen-bond donors (Lipinski definition) is 2. The number of nitrogens with zero attached hydrogens (tertiary/aromatic N) is 3. The van der Waals surface area contributed by atoms with Crippen LogP contribution in [0.15, 0.2) is 34.6 Å². The first-order chi connectivity index (χ1) is 14.4. The third kappa shape index (κ3) is 5.53. The van der Waals surface area contributed by atoms with Crippen LogP contribution in [-0.2, 0) is 37.3 Å². The van der Waals surface area contributed by atoms with Gasteiger partial charge in [-0.25, -0.2) is 9.67 Å². The van der Waals surface area contributed by atoms with Gasteiger partial charge in [-0.3, -0.25) is 9.59 Å². The Morgan fingerprint density at radius 2 is 2.10 bits per heavy atom. The third-order valence-corrected chi connectivity index (χ3v) is 5.86. The first-order valence-corrected chi connectivity index (χ1v) is 10.8. The van der Waals surface area contributed by atoms with Gasteiger partial charge in [0, 0.05) is 35.5 Å². The monoisotopic (exact) mass is 445 g/mol. The Bertz CT molecular complexity index is 1110. The molecule has 0 aliphatic heterocycles. The van der Waals surface area contributed by atoms with Gasteiger partial charge in [0.05, 0.1) is 29.9 Å². The maximum atomic E-state index is 12.8. The predicted octanol–water partition coefficient (Wildman–Crippen LogP) is 2.53. The van der Waals surface area contributed by atoms with Crippen molar-refractivity contribution in [3.05, 3.63) is 78.1 Å². The van der Waals surface area contributed by atoms with Crippen molar-refractivity contribution in [2.24, 2.45) is 5.73 Å². The SMILES string of the molecule is Cc1nc(CCn2ncc(C)c(CC(=O)NCc3cc(Cl)ccc3CN)c2=O)cs1. The summed E-state index contributed by atoms with van der Waals surface area (Å²) in [7, 11) is 0. The minimum absolute atomic E-state index is 0.0124. The van der Waals surface area contributed by atoms with Crippen LogP contribution < -0.4 is 16.6 Å². The van der Waals surface area contributed by atoms with E-state index in [2.05, 4.69) is 15.4 Å². The summed E-state index contributed by atoms with van der Waals surface area (Å²) < 4.78 is 1.40. The number of carbonyl (C=O) groups is 1. The Labute approximate surface area is 183 Å². The lowest BCUT2D eigenvalue weighted by molar-refractivity contribution is -0.120. The summed E-state index contributed by atoms with van der Waals surface area (Å²) in [5.41, 5.74) is 9.35. The number of aryl methyl sites for hydroxylation is 4. The summed E-state index contributed by atoms with van der Waals surface area (Å²) in [5.74, 6) is -0.244. The molecule has 0 radical (unpaired) electrons. The molecule has 0 aliphatic carbocycles. The molecule has 0 saturated heterocycles. The number of benzene rings is 1. The van der Waals surface area contributed by atoms with Gasteiger partial charge in [0.15, 0.2) is 0 Å². The molecule has 1 aromatic carbocycles. The molecule has 1 amide bonds. The molecule has 158 valence electrons. The average molecular weight is 446 g/mol. The molecule has 0 aliphatic rings. The number of nitrogens with one attached hydrogen (secondary N) is 1. The summed E-state index contributed by atoms with van der Waals surface area (Å²) in [6, 6.07) is 5.40. The zero-order chi connectivity index (χ0) is 21.7. The topological polar surface area (TPSA) is 103 Å². The van der Waals surface area contributed by atoms with E-state index >= 15 is 0 Å². The average Bonchev–Trinajstić information content (AvgIpc) is 3.14. The molecule has 0 unspecified atom stereocenters. The molecule has 9 heteroatoms. The van der Waals surface area contributed by atoms with E-state index in [1.54, 1.807) is 36.6 Å². The number of nitrogens with two attached hydrogens (primary N) is 1. The molecule has 0 fully saturated rings. The van der Waals surface area contributed by atoms with Gasteiger partial charge in [-0.15, -0.1) is 11.3 Å². The van der Waals surface area contributed by atoms with Crippen LogP contribution in [0.5, 0.6) is 0 Å². The van der Waals surface area contributed by atoms with Crippen LogP contribution in [0.4, 0.5) is 0 Å². The second kappa shape index (κ2) is 9.97. The van der Waals surface area contributed by atoms with Crippen LogP contribution >= 0.6 is 22.9 Å². The molecular weight excluding hydrogens is 422 g/mol. The molecule has 7 nitrogen and oxygen atoms in total. The first-order valence-electron chi connectivity index (χ1n) is 9.58. The van der Waals surface area contributed by atoms with Crippen molar-refractivity contribution in [1.82, 2.24) is 20.1 Å². The fourth-order valence-electron chi connectivity index (χ4n) is 3.10. The summed E-state index contributed by atoms with van der Waals surface area (Å²) in [4.78, 5) is 29.8. The molecular formula is C21H24ClN5O2S. The summed E-state index contributed by atoms with van der Waals surface area (Å²) in [5, 5.41) is 10.6. The molecule has 0 spiro atoms. The van der Waals surface area contributed by atoms with Gasteiger partial charge in [-0.05, 0) is 42.7 Å². The zero-order valence-corrected chi connectivity index (χ0v) is 18.5. The first kappa shape index (κ1) is 22.1. The number of rotatable bonds is 8. The minimum Gasteiger partial charge on any atom is -0.352 e. The number of hydrogen-bond acceptors (Lipinski definition) is 6. The van der Waals surface area contributed by atoms with Crippen molar-refractivity contribution in [3.8, 4) is 0 Å². The number of amides is 1. The van der Waals surface area contributed by atoms with Crippen molar-refractivity contribution in [2.45, 2.75) is 46.3 Å². The number of aromatic nitrogens is 3. The van der Waals surface area contributed by atoms with Crippen molar-refractivity contribution in [2.75, 3.05) is 0 Å². The van der Waals surface area contributed by atoms with Crippen molar-refractivity contribution in [1.29, 1.82) is 0 Å². The van der Waals surface area contributed by atoms with Crippen LogP contribution in [0.3, 0.4) is 0 Å². The number of thiazole rings is 1. The molecule has 2 heterocycles. The van der Waals surface area contributed by atoms with Gasteiger partial charge in [-0.2, -0.15) is 5.10 Å². The van der Waals surface area contributed by atoms with Gasteiger partial charge in [0.1, 0.15) is 0 Å². The Morgan fingerprint density at radius 1 is 1.30 bits per heavy atom. The van der Waals surface area contributed by atoms with Gasteiger partial charge in [0.2, 0.25) is 5.91 Å². The third-order valence-electron chi connectivity index (χ3n) is 4.81. The molecule has 30 heavy (non-hydrogen) atoms. The Kier molecular flexibility index (Phi) is 7.36. The predicted molar refractivity (Wildman–Crippen MR) is 119 cm³/mol. The smallest absolute Gasteiger partial charge is 0.270 e. The maximum absolute atomic E-state index is 12.8. The van der Waals surface area contributed by atoms with Crippen LogP contribution in [0, 0.1) is 13.8 Å². The molecule has 3 N–H and O–H groups in total. The fourth-order valence-corrected chi connectivity index (χ4v) is 3.95. The Balaban J connectivity index is 1.67. The highest BCUT2D eigenvalue weighted by Gasteiger charge is 2.14. The lowest BCUT2D eigenvalue weighted by Gasteiger charge is -2.12. The van der Waals surface area contributed by atoms with Gasteiger partial charge in [-0.1, -0.05) is 17.7 Å². The summed E-state index contributed by atoms with van der Waals surface area (Å²) in [6.07, 6.45) is 2.23. The van der Waals surface area contributed by atoms with Crippen molar-refractivity contribution >= 4 is 28.8 Å². The van der Waals surface area contributed by atoms with E-state index in [0.717, 1.165) is 21.8 Å². The van der Waals surface area contributed by atoms with E-state index in [1.807, 2.05) is 18.4 Å². The second-order valence-corrected chi connectivity index (χ2v) is 8.51. The zero-order valence-electron chi connectivity index (χ0n) is 16.9. The van der Waals surface area contributed by atoms with Gasteiger partial charge in [0.25, 0.3) is 5.56 Å². The van der Waals surface area contributed by atoms with Crippen LogP contribution in [0.1, 0.15) is 33.0 Å². The Morgan fingerprint density at radius 3 is 2.80 bits per heavy atom. The van der Waals surface area contributed by atoms with Crippen LogP contribution in [0.2, 0.25) is 5.02 Å². The van der Waals surface area contributed by atoms with Crippen molar-refractivity contribution < 1.29 is 4.79 Å². The van der Waals surface area contributed by atoms with E-state index in [-0.39, 0.29) is 17.9 Å². The fraction of sp³-hybridized carbons (Fsp3) is 0.333. The normalized spacial score (nSPS) is 10.9.